The molecule has 0 spiro atoms. The molecule has 1 aromatic carbocycles. The Morgan fingerprint density at radius 2 is 1.94 bits per heavy atom. The molecule has 5 nitrogen and oxygen atoms in total. The van der Waals surface area contributed by atoms with Crippen LogP contribution >= 0.6 is 0 Å². The minimum absolute atomic E-state index is 0.190. The number of hydrogen-bond donors (Lipinski definition) is 3. The Morgan fingerprint density at radius 3 is 2.50 bits per heavy atom. The van der Waals surface area contributed by atoms with E-state index in [9.17, 15) is 9.59 Å². The molecule has 0 aliphatic heterocycles. The zero-order chi connectivity index (χ0) is 13.9. The number of nitrogen functional groups attached to an aromatic ring is 1. The summed E-state index contributed by atoms with van der Waals surface area (Å²) in [7, 11) is 0. The normalized spacial score (nSPS) is 11.1. The van der Waals surface area contributed by atoms with Gasteiger partial charge in [-0.25, -0.2) is 0 Å². The van der Waals surface area contributed by atoms with Crippen LogP contribution in [0.1, 0.15) is 29.8 Å². The number of amides is 2. The van der Waals surface area contributed by atoms with Crippen molar-refractivity contribution in [3.8, 4) is 0 Å². The fourth-order valence-electron chi connectivity index (χ4n) is 1.38. The van der Waals surface area contributed by atoms with Crippen LogP contribution in [-0.4, -0.2) is 18.4 Å². The van der Waals surface area contributed by atoms with Crippen molar-refractivity contribution in [1.82, 2.24) is 5.32 Å². The molecule has 1 rings (SSSR count). The first-order chi connectivity index (χ1) is 8.25. The molecule has 18 heavy (non-hydrogen) atoms. The zero-order valence-corrected chi connectivity index (χ0v) is 10.9. The van der Waals surface area contributed by atoms with Crippen LogP contribution < -0.4 is 16.8 Å². The lowest BCUT2D eigenvalue weighted by Gasteiger charge is -2.21. The first-order valence-corrected chi connectivity index (χ1v) is 5.69. The maximum absolute atomic E-state index is 12.0. The Morgan fingerprint density at radius 1 is 1.33 bits per heavy atom. The molecule has 0 aliphatic carbocycles. The maximum atomic E-state index is 12.0. The van der Waals surface area contributed by atoms with Crippen LogP contribution in [0.4, 0.5) is 5.69 Å². The van der Waals surface area contributed by atoms with E-state index in [0.717, 1.165) is 5.56 Å². The number of nitrogens with one attached hydrogen (secondary N) is 1. The van der Waals surface area contributed by atoms with E-state index in [0.29, 0.717) is 11.3 Å². The smallest absolute Gasteiger partial charge is 0.251 e. The number of benzene rings is 1. The summed E-state index contributed by atoms with van der Waals surface area (Å²) in [5, 5.41) is 2.69. The van der Waals surface area contributed by atoms with E-state index in [1.165, 1.54) is 0 Å². The van der Waals surface area contributed by atoms with Crippen LogP contribution in [0.15, 0.2) is 18.2 Å². The van der Waals surface area contributed by atoms with Crippen LogP contribution in [0.3, 0.4) is 0 Å². The van der Waals surface area contributed by atoms with Crippen molar-refractivity contribution in [3.05, 3.63) is 29.3 Å². The quantitative estimate of drug-likeness (QED) is 0.689. The van der Waals surface area contributed by atoms with Gasteiger partial charge in [-0.15, -0.1) is 0 Å². The van der Waals surface area contributed by atoms with Gasteiger partial charge in [-0.05, 0) is 38.5 Å². The molecule has 0 saturated carbocycles. The first-order valence-electron chi connectivity index (χ1n) is 5.69. The molecule has 0 aliphatic rings. The summed E-state index contributed by atoms with van der Waals surface area (Å²) in [5.74, 6) is -0.707. The molecule has 0 saturated heterocycles. The lowest BCUT2D eigenvalue weighted by Crippen LogP contribution is -2.42. The topological polar surface area (TPSA) is 98.2 Å². The summed E-state index contributed by atoms with van der Waals surface area (Å²) in [6, 6.07) is 5.15. The van der Waals surface area contributed by atoms with E-state index in [1.807, 2.05) is 0 Å². The highest BCUT2D eigenvalue weighted by Gasteiger charge is 2.25. The van der Waals surface area contributed by atoms with Crippen LogP contribution in [0.25, 0.3) is 0 Å². The molecule has 98 valence electrons. The fourth-order valence-corrected chi connectivity index (χ4v) is 1.38. The van der Waals surface area contributed by atoms with E-state index >= 15 is 0 Å². The molecule has 1 aromatic rings. The molecule has 0 bridgehead atoms. The molecule has 0 fully saturated rings. The summed E-state index contributed by atoms with van der Waals surface area (Å²) in [5.41, 5.74) is 12.0. The van der Waals surface area contributed by atoms with Crippen LogP contribution in [-0.2, 0) is 4.79 Å². The van der Waals surface area contributed by atoms with Crippen molar-refractivity contribution in [3.63, 3.8) is 0 Å². The number of primary amides is 1. The largest absolute Gasteiger partial charge is 0.398 e. The van der Waals surface area contributed by atoms with Gasteiger partial charge in [0.05, 0.1) is 5.41 Å². The first kappa shape index (κ1) is 14.0. The van der Waals surface area contributed by atoms with E-state index in [1.54, 1.807) is 39.0 Å². The van der Waals surface area contributed by atoms with Crippen molar-refractivity contribution in [2.75, 3.05) is 12.3 Å². The minimum atomic E-state index is -0.774. The molecule has 2 amide bonds. The number of rotatable bonds is 4. The van der Waals surface area contributed by atoms with Crippen molar-refractivity contribution < 1.29 is 9.59 Å². The Kier molecular flexibility index (Phi) is 3.96. The molecule has 5 heteroatoms. The van der Waals surface area contributed by atoms with Crippen LogP contribution in [0.2, 0.25) is 0 Å². The second-order valence-electron chi connectivity index (χ2n) is 4.95. The highest BCUT2D eigenvalue weighted by molar-refractivity contribution is 5.97. The van der Waals surface area contributed by atoms with E-state index in [-0.39, 0.29) is 12.5 Å². The van der Waals surface area contributed by atoms with Crippen molar-refractivity contribution in [1.29, 1.82) is 0 Å². The maximum Gasteiger partial charge on any atom is 0.251 e. The number of carbonyl (C=O) groups is 2. The fraction of sp³-hybridized carbons (Fsp3) is 0.385. The number of anilines is 1. The minimum Gasteiger partial charge on any atom is -0.398 e. The van der Waals surface area contributed by atoms with Gasteiger partial charge in [-0.3, -0.25) is 9.59 Å². The zero-order valence-electron chi connectivity index (χ0n) is 10.9. The summed E-state index contributed by atoms with van der Waals surface area (Å²) < 4.78 is 0. The summed E-state index contributed by atoms with van der Waals surface area (Å²) in [6.45, 7) is 5.34. The third-order valence-corrected chi connectivity index (χ3v) is 2.98. The molecular weight excluding hydrogens is 230 g/mol. The van der Waals surface area contributed by atoms with Gasteiger partial charge in [0.2, 0.25) is 5.91 Å². The molecule has 0 atom stereocenters. The second-order valence-corrected chi connectivity index (χ2v) is 4.95. The predicted octanol–water partition coefficient (Wildman–Crippen LogP) is 0.819. The second kappa shape index (κ2) is 5.08. The number of nitrogens with two attached hydrogens (primary N) is 2. The number of hydrogen-bond acceptors (Lipinski definition) is 3. The van der Waals surface area contributed by atoms with Gasteiger partial charge in [-0.2, -0.15) is 0 Å². The van der Waals surface area contributed by atoms with Crippen molar-refractivity contribution in [2.45, 2.75) is 20.8 Å². The molecule has 0 unspecified atom stereocenters. The van der Waals surface area contributed by atoms with E-state index in [2.05, 4.69) is 5.32 Å². The van der Waals surface area contributed by atoms with Gasteiger partial charge < -0.3 is 16.8 Å². The Balaban J connectivity index is 2.78. The van der Waals surface area contributed by atoms with E-state index < -0.39 is 11.3 Å². The van der Waals surface area contributed by atoms with Gasteiger partial charge in [0.25, 0.3) is 5.91 Å². The average Bonchev–Trinajstić information content (AvgIpc) is 2.29. The molecule has 5 N–H and O–H groups in total. The van der Waals surface area contributed by atoms with Crippen LogP contribution in [0, 0.1) is 12.3 Å². The summed E-state index contributed by atoms with van der Waals surface area (Å²) >= 11 is 0. The SMILES string of the molecule is Cc1c(N)cccc1C(=O)NCC(C)(C)C(N)=O. The van der Waals surface area contributed by atoms with Gasteiger partial charge in [-0.1, -0.05) is 6.07 Å². The van der Waals surface area contributed by atoms with Gasteiger partial charge >= 0.3 is 0 Å². The van der Waals surface area contributed by atoms with Gasteiger partial charge in [0.1, 0.15) is 0 Å². The highest BCUT2D eigenvalue weighted by atomic mass is 16.2. The third-order valence-electron chi connectivity index (χ3n) is 2.98. The molecule has 0 aromatic heterocycles. The molecule has 0 radical (unpaired) electrons. The molecule has 0 heterocycles. The summed E-state index contributed by atoms with van der Waals surface area (Å²) in [6.07, 6.45) is 0. The Labute approximate surface area is 107 Å². The summed E-state index contributed by atoms with van der Waals surface area (Å²) in [4.78, 5) is 23.1. The number of carbonyl (C=O) groups excluding carboxylic acids is 2. The lowest BCUT2D eigenvalue weighted by molar-refractivity contribution is -0.125. The van der Waals surface area contributed by atoms with E-state index in [4.69, 9.17) is 11.5 Å². The monoisotopic (exact) mass is 249 g/mol. The lowest BCUT2D eigenvalue weighted by atomic mass is 9.92. The average molecular weight is 249 g/mol. The standard InChI is InChI=1S/C13H19N3O2/c1-8-9(5-4-6-10(8)14)11(17)16-7-13(2,3)12(15)18/h4-6H,7,14H2,1-3H3,(H2,15,18)(H,16,17). The van der Waals surface area contributed by atoms with Gasteiger partial charge in [0.15, 0.2) is 0 Å². The van der Waals surface area contributed by atoms with Crippen LogP contribution in [0.5, 0.6) is 0 Å². The Hall–Kier alpha value is -2.04. The van der Waals surface area contributed by atoms with Crippen molar-refractivity contribution >= 4 is 17.5 Å². The van der Waals surface area contributed by atoms with Crippen molar-refractivity contribution in [2.24, 2.45) is 11.1 Å². The predicted molar refractivity (Wildman–Crippen MR) is 70.9 cm³/mol. The highest BCUT2D eigenvalue weighted by Crippen LogP contribution is 2.16. The van der Waals surface area contributed by atoms with Gasteiger partial charge in [0, 0.05) is 17.8 Å². The third kappa shape index (κ3) is 3.00. The Bertz CT molecular complexity index is 481. The molecular formula is C13H19N3O2.